The molecule has 0 aromatic heterocycles. The van der Waals surface area contributed by atoms with Gasteiger partial charge in [0.1, 0.15) is 5.82 Å². The van der Waals surface area contributed by atoms with Crippen molar-refractivity contribution in [2.75, 3.05) is 6.61 Å². The fourth-order valence-electron chi connectivity index (χ4n) is 2.88. The molecular formula is C16H23BrFNO. The van der Waals surface area contributed by atoms with Gasteiger partial charge in [-0.1, -0.05) is 29.8 Å². The van der Waals surface area contributed by atoms with Gasteiger partial charge in [0.15, 0.2) is 0 Å². The van der Waals surface area contributed by atoms with Crippen molar-refractivity contribution in [2.24, 2.45) is 0 Å². The lowest BCUT2D eigenvalue weighted by Crippen LogP contribution is -2.46. The molecule has 0 bridgehead atoms. The average molecular weight is 344 g/mol. The summed E-state index contributed by atoms with van der Waals surface area (Å²) in [5.41, 5.74) is 0.991. The number of nitrogens with one attached hydrogen (secondary N) is 1. The van der Waals surface area contributed by atoms with E-state index in [4.69, 9.17) is 4.74 Å². The molecule has 1 atom stereocenters. The molecule has 1 heterocycles. The predicted octanol–water partition coefficient (Wildman–Crippen LogP) is 4.42. The standard InChI is InChI=1S/C16H23BrFNO/c1-3-16(4-2)10-14(7-8-20-16)19-11-12-9-13(18)5-6-15(12)17/h5-6,9,14,19H,3-4,7-8,10-11H2,1-2H3. The summed E-state index contributed by atoms with van der Waals surface area (Å²) in [4.78, 5) is 0. The van der Waals surface area contributed by atoms with Gasteiger partial charge in [-0.25, -0.2) is 4.39 Å². The van der Waals surface area contributed by atoms with Gasteiger partial charge in [-0.2, -0.15) is 0 Å². The van der Waals surface area contributed by atoms with E-state index in [0.717, 1.165) is 42.3 Å². The van der Waals surface area contributed by atoms with E-state index in [0.29, 0.717) is 12.6 Å². The van der Waals surface area contributed by atoms with Crippen LogP contribution in [0.1, 0.15) is 45.1 Å². The molecule has 4 heteroatoms. The summed E-state index contributed by atoms with van der Waals surface area (Å²) in [7, 11) is 0. The quantitative estimate of drug-likeness (QED) is 0.854. The Balaban J connectivity index is 1.95. The molecule has 112 valence electrons. The van der Waals surface area contributed by atoms with Crippen molar-refractivity contribution in [3.63, 3.8) is 0 Å². The van der Waals surface area contributed by atoms with Crippen molar-refractivity contribution in [1.29, 1.82) is 0 Å². The highest BCUT2D eigenvalue weighted by atomic mass is 79.9. The number of hydrogen-bond acceptors (Lipinski definition) is 2. The van der Waals surface area contributed by atoms with E-state index >= 15 is 0 Å². The van der Waals surface area contributed by atoms with Crippen LogP contribution < -0.4 is 5.32 Å². The summed E-state index contributed by atoms with van der Waals surface area (Å²) in [6.45, 7) is 5.88. The maximum absolute atomic E-state index is 13.3. The summed E-state index contributed by atoms with van der Waals surface area (Å²) in [5, 5.41) is 3.55. The van der Waals surface area contributed by atoms with E-state index in [1.165, 1.54) is 6.07 Å². The third kappa shape index (κ3) is 3.80. The van der Waals surface area contributed by atoms with E-state index in [2.05, 4.69) is 35.1 Å². The van der Waals surface area contributed by atoms with Crippen LogP contribution in [0.15, 0.2) is 22.7 Å². The second kappa shape index (κ2) is 7.01. The Bertz CT molecular complexity index is 448. The zero-order valence-corrected chi connectivity index (χ0v) is 13.8. The Hall–Kier alpha value is -0.450. The first kappa shape index (κ1) is 15.9. The smallest absolute Gasteiger partial charge is 0.123 e. The van der Waals surface area contributed by atoms with Gasteiger partial charge in [-0.15, -0.1) is 0 Å². The second-order valence-corrected chi connectivity index (χ2v) is 6.40. The third-order valence-corrected chi connectivity index (χ3v) is 5.14. The Morgan fingerprint density at radius 2 is 2.15 bits per heavy atom. The highest BCUT2D eigenvalue weighted by Gasteiger charge is 2.34. The molecule has 0 spiro atoms. The van der Waals surface area contributed by atoms with Crippen molar-refractivity contribution in [1.82, 2.24) is 5.32 Å². The molecule has 1 aromatic rings. The lowest BCUT2D eigenvalue weighted by Gasteiger charge is -2.40. The molecule has 2 nitrogen and oxygen atoms in total. The number of hydrogen-bond donors (Lipinski definition) is 1. The molecule has 1 saturated heterocycles. The maximum atomic E-state index is 13.3. The first-order valence-corrected chi connectivity index (χ1v) is 8.19. The highest BCUT2D eigenvalue weighted by molar-refractivity contribution is 9.10. The number of rotatable bonds is 5. The van der Waals surface area contributed by atoms with Crippen LogP contribution in [0.5, 0.6) is 0 Å². The van der Waals surface area contributed by atoms with Crippen molar-refractivity contribution < 1.29 is 9.13 Å². The zero-order valence-electron chi connectivity index (χ0n) is 12.2. The van der Waals surface area contributed by atoms with Gasteiger partial charge in [0.2, 0.25) is 0 Å². The maximum Gasteiger partial charge on any atom is 0.123 e. The van der Waals surface area contributed by atoms with Gasteiger partial charge in [-0.3, -0.25) is 0 Å². The van der Waals surface area contributed by atoms with Crippen molar-refractivity contribution in [2.45, 2.75) is 57.7 Å². The SMILES string of the molecule is CCC1(CC)CC(NCc2cc(F)ccc2Br)CCO1. The molecule has 0 radical (unpaired) electrons. The van der Waals surface area contributed by atoms with E-state index < -0.39 is 0 Å². The molecule has 1 unspecified atom stereocenters. The van der Waals surface area contributed by atoms with Crippen LogP contribution in [0.4, 0.5) is 4.39 Å². The van der Waals surface area contributed by atoms with E-state index in [1.54, 1.807) is 12.1 Å². The Morgan fingerprint density at radius 1 is 1.40 bits per heavy atom. The van der Waals surface area contributed by atoms with Crippen LogP contribution in [0.3, 0.4) is 0 Å². The Labute approximate surface area is 129 Å². The average Bonchev–Trinajstić information content (AvgIpc) is 2.48. The Kier molecular flexibility index (Phi) is 5.58. The first-order valence-electron chi connectivity index (χ1n) is 7.40. The number of halogens is 2. The lowest BCUT2D eigenvalue weighted by molar-refractivity contribution is -0.0932. The van der Waals surface area contributed by atoms with Gasteiger partial charge in [0.05, 0.1) is 5.60 Å². The molecule has 1 aromatic carbocycles. The number of benzene rings is 1. The van der Waals surface area contributed by atoms with Crippen molar-refractivity contribution in [3.05, 3.63) is 34.1 Å². The topological polar surface area (TPSA) is 21.3 Å². The van der Waals surface area contributed by atoms with Gasteiger partial charge < -0.3 is 10.1 Å². The summed E-state index contributed by atoms with van der Waals surface area (Å²) in [5.74, 6) is -0.187. The van der Waals surface area contributed by atoms with Crippen LogP contribution >= 0.6 is 15.9 Å². The van der Waals surface area contributed by atoms with Crippen LogP contribution in [0, 0.1) is 5.82 Å². The van der Waals surface area contributed by atoms with E-state index in [9.17, 15) is 4.39 Å². The summed E-state index contributed by atoms with van der Waals surface area (Å²) >= 11 is 3.47. The molecule has 20 heavy (non-hydrogen) atoms. The lowest BCUT2D eigenvalue weighted by atomic mass is 9.86. The largest absolute Gasteiger partial charge is 0.375 e. The first-order chi connectivity index (χ1) is 9.58. The van der Waals surface area contributed by atoms with Crippen molar-refractivity contribution >= 4 is 15.9 Å². The van der Waals surface area contributed by atoms with Crippen LogP contribution in [0.25, 0.3) is 0 Å². The van der Waals surface area contributed by atoms with E-state index in [1.807, 2.05) is 0 Å². The Morgan fingerprint density at radius 3 is 2.85 bits per heavy atom. The molecule has 1 fully saturated rings. The summed E-state index contributed by atoms with van der Waals surface area (Å²) < 4.78 is 20.2. The van der Waals surface area contributed by atoms with Crippen LogP contribution in [-0.4, -0.2) is 18.2 Å². The minimum absolute atomic E-state index is 0.0229. The minimum Gasteiger partial charge on any atom is -0.375 e. The highest BCUT2D eigenvalue weighted by Crippen LogP contribution is 2.31. The molecule has 1 N–H and O–H groups in total. The molecule has 0 amide bonds. The molecule has 1 aliphatic rings. The molecule has 0 saturated carbocycles. The second-order valence-electron chi connectivity index (χ2n) is 5.54. The van der Waals surface area contributed by atoms with Gasteiger partial charge in [0, 0.05) is 23.7 Å². The van der Waals surface area contributed by atoms with Crippen LogP contribution in [0.2, 0.25) is 0 Å². The zero-order chi connectivity index (χ0) is 14.6. The van der Waals surface area contributed by atoms with Crippen LogP contribution in [-0.2, 0) is 11.3 Å². The number of ether oxygens (including phenoxy) is 1. The van der Waals surface area contributed by atoms with Gasteiger partial charge in [0.25, 0.3) is 0 Å². The van der Waals surface area contributed by atoms with Gasteiger partial charge >= 0.3 is 0 Å². The van der Waals surface area contributed by atoms with Gasteiger partial charge in [-0.05, 0) is 49.4 Å². The molecule has 1 aliphatic heterocycles. The molecule has 2 rings (SSSR count). The van der Waals surface area contributed by atoms with E-state index in [-0.39, 0.29) is 11.4 Å². The molecule has 0 aliphatic carbocycles. The normalized spacial score (nSPS) is 21.9. The fourth-order valence-corrected chi connectivity index (χ4v) is 3.26. The van der Waals surface area contributed by atoms with Crippen molar-refractivity contribution in [3.8, 4) is 0 Å². The summed E-state index contributed by atoms with van der Waals surface area (Å²) in [6, 6.07) is 5.27. The minimum atomic E-state index is -0.187. The monoisotopic (exact) mass is 343 g/mol. The summed E-state index contributed by atoms with van der Waals surface area (Å²) in [6.07, 6.45) is 4.15. The third-order valence-electron chi connectivity index (χ3n) is 4.37. The predicted molar refractivity (Wildman–Crippen MR) is 83.2 cm³/mol. The fraction of sp³-hybridized carbons (Fsp3) is 0.625. The molecular weight excluding hydrogens is 321 g/mol.